The van der Waals surface area contributed by atoms with Gasteiger partial charge in [0.25, 0.3) is 0 Å². The molecule has 0 atom stereocenters. The summed E-state index contributed by atoms with van der Waals surface area (Å²) in [4.78, 5) is 2.22. The Balaban J connectivity index is 2.53. The van der Waals surface area contributed by atoms with E-state index in [0.717, 1.165) is 25.1 Å². The highest BCUT2D eigenvalue weighted by molar-refractivity contribution is 5.38. The number of hydrogen-bond acceptors (Lipinski definition) is 6. The van der Waals surface area contributed by atoms with Crippen molar-refractivity contribution in [3.8, 4) is 12.1 Å². The van der Waals surface area contributed by atoms with Gasteiger partial charge < -0.3 is 15.4 Å². The van der Waals surface area contributed by atoms with Crippen molar-refractivity contribution in [3.63, 3.8) is 0 Å². The Bertz CT molecular complexity index is 614. The number of allylic oxidation sites excluding steroid dienone is 1. The van der Waals surface area contributed by atoms with Crippen LogP contribution in [0.15, 0.2) is 35.7 Å². The summed E-state index contributed by atoms with van der Waals surface area (Å²) >= 11 is 0. The van der Waals surface area contributed by atoms with Gasteiger partial charge in [-0.2, -0.15) is 10.5 Å². The molecule has 0 aliphatic heterocycles. The van der Waals surface area contributed by atoms with Crippen molar-refractivity contribution < 1.29 is 9.13 Å². The summed E-state index contributed by atoms with van der Waals surface area (Å²) in [5.41, 5.74) is 1.07. The molecular weight excluding hydrogens is 321 g/mol. The van der Waals surface area contributed by atoms with Gasteiger partial charge in [0.1, 0.15) is 23.8 Å². The number of nitrogens with one attached hydrogen (secondary N) is 2. The van der Waals surface area contributed by atoms with E-state index in [1.165, 1.54) is 12.1 Å². The minimum Gasteiger partial charge on any atom is -0.383 e. The van der Waals surface area contributed by atoms with Crippen molar-refractivity contribution in [2.45, 2.75) is 13.0 Å². The van der Waals surface area contributed by atoms with Gasteiger partial charge in [-0.25, -0.2) is 4.39 Å². The van der Waals surface area contributed by atoms with Crippen molar-refractivity contribution >= 4 is 0 Å². The molecule has 7 heteroatoms. The maximum Gasteiger partial charge on any atom is 0.169 e. The Kier molecular flexibility index (Phi) is 9.69. The summed E-state index contributed by atoms with van der Waals surface area (Å²) in [5, 5.41) is 23.7. The Morgan fingerprint density at radius 2 is 1.88 bits per heavy atom. The largest absolute Gasteiger partial charge is 0.383 e. The molecule has 0 unspecified atom stereocenters. The molecule has 2 N–H and O–H groups in total. The fourth-order valence-corrected chi connectivity index (χ4v) is 2.29. The van der Waals surface area contributed by atoms with Gasteiger partial charge in [-0.05, 0) is 24.1 Å². The quantitative estimate of drug-likeness (QED) is 0.469. The zero-order chi connectivity index (χ0) is 18.5. The molecule has 0 spiro atoms. The third-order valence-corrected chi connectivity index (χ3v) is 3.61. The van der Waals surface area contributed by atoms with Gasteiger partial charge >= 0.3 is 0 Å². The van der Waals surface area contributed by atoms with Crippen LogP contribution in [0.5, 0.6) is 0 Å². The van der Waals surface area contributed by atoms with Gasteiger partial charge in [0.05, 0.1) is 6.61 Å². The number of ether oxygens (including phenoxy) is 1. The summed E-state index contributed by atoms with van der Waals surface area (Å²) < 4.78 is 18.2. The van der Waals surface area contributed by atoms with E-state index >= 15 is 0 Å². The molecular formula is C18H24FN5O. The average Bonchev–Trinajstić information content (AvgIpc) is 2.63. The molecule has 134 valence electrons. The molecule has 0 aliphatic rings. The van der Waals surface area contributed by atoms with Crippen molar-refractivity contribution in [1.82, 2.24) is 15.5 Å². The molecule has 1 aromatic carbocycles. The molecule has 0 saturated carbocycles. The van der Waals surface area contributed by atoms with Crippen molar-refractivity contribution in [3.05, 3.63) is 47.0 Å². The van der Waals surface area contributed by atoms with Crippen LogP contribution in [0.3, 0.4) is 0 Å². The van der Waals surface area contributed by atoms with E-state index in [0.29, 0.717) is 25.5 Å². The van der Waals surface area contributed by atoms with Crippen molar-refractivity contribution in [1.29, 1.82) is 10.5 Å². The number of rotatable bonds is 11. The van der Waals surface area contributed by atoms with Crippen LogP contribution in [0, 0.1) is 28.5 Å². The monoisotopic (exact) mass is 345 g/mol. The Morgan fingerprint density at radius 1 is 1.20 bits per heavy atom. The van der Waals surface area contributed by atoms with Gasteiger partial charge in [-0.15, -0.1) is 0 Å². The molecule has 0 amide bonds. The van der Waals surface area contributed by atoms with Crippen molar-refractivity contribution in [2.24, 2.45) is 0 Å². The summed E-state index contributed by atoms with van der Waals surface area (Å²) in [5.74, 6) is 0.195. The first-order valence-electron chi connectivity index (χ1n) is 8.06. The summed E-state index contributed by atoms with van der Waals surface area (Å²) in [6.07, 6.45) is 0.820. The highest BCUT2D eigenvalue weighted by Crippen LogP contribution is 2.07. The van der Waals surface area contributed by atoms with Crippen molar-refractivity contribution in [2.75, 3.05) is 40.4 Å². The highest BCUT2D eigenvalue weighted by Gasteiger charge is 2.07. The van der Waals surface area contributed by atoms with Crippen LogP contribution in [0.1, 0.15) is 12.0 Å². The number of methoxy groups -OCH3 is 1. The number of benzene rings is 1. The lowest BCUT2D eigenvalue weighted by Gasteiger charge is -2.22. The molecule has 25 heavy (non-hydrogen) atoms. The summed E-state index contributed by atoms with van der Waals surface area (Å²) in [6.45, 7) is 3.52. The number of nitrogens with zero attached hydrogens (tertiary/aromatic N) is 3. The third-order valence-electron chi connectivity index (χ3n) is 3.61. The number of halogens is 1. The molecule has 0 radical (unpaired) electrons. The first-order chi connectivity index (χ1) is 12.1. The molecule has 0 aromatic heterocycles. The minimum absolute atomic E-state index is 0.0325. The molecule has 0 fully saturated rings. The predicted molar refractivity (Wildman–Crippen MR) is 93.5 cm³/mol. The minimum atomic E-state index is -0.242. The van der Waals surface area contributed by atoms with Crippen LogP contribution in [-0.4, -0.2) is 45.3 Å². The Hall–Kier alpha value is -2.61. The maximum atomic E-state index is 13.0. The number of hydrogen-bond donors (Lipinski definition) is 2. The Morgan fingerprint density at radius 3 is 2.44 bits per heavy atom. The van der Waals surface area contributed by atoms with Crippen LogP contribution in [0.25, 0.3) is 0 Å². The average molecular weight is 345 g/mol. The lowest BCUT2D eigenvalue weighted by atomic mass is 10.2. The van der Waals surface area contributed by atoms with Gasteiger partial charge in [0.15, 0.2) is 5.57 Å². The standard InChI is InChI=1S/C18H24FN5O/c1-22-18(16(12-20)13-21)23-8-3-9-24(10-11-25-2)14-15-4-6-17(19)7-5-15/h4-7,22-23H,3,8-11,14H2,1-2H3. The fourth-order valence-electron chi connectivity index (χ4n) is 2.29. The van der Waals surface area contributed by atoms with Crippen LogP contribution in [0.4, 0.5) is 4.39 Å². The smallest absolute Gasteiger partial charge is 0.169 e. The first kappa shape index (κ1) is 20.4. The van der Waals surface area contributed by atoms with Crippen LogP contribution >= 0.6 is 0 Å². The van der Waals surface area contributed by atoms with E-state index in [4.69, 9.17) is 15.3 Å². The van der Waals surface area contributed by atoms with E-state index in [-0.39, 0.29) is 11.4 Å². The van der Waals surface area contributed by atoms with E-state index in [1.807, 2.05) is 12.1 Å². The molecule has 1 aromatic rings. The van der Waals surface area contributed by atoms with E-state index in [2.05, 4.69) is 15.5 Å². The third kappa shape index (κ3) is 7.67. The van der Waals surface area contributed by atoms with Gasteiger partial charge in [-0.3, -0.25) is 4.90 Å². The zero-order valence-corrected chi connectivity index (χ0v) is 14.7. The molecule has 0 saturated heterocycles. The fraction of sp³-hybridized carbons (Fsp3) is 0.444. The first-order valence-corrected chi connectivity index (χ1v) is 8.06. The summed E-state index contributed by atoms with van der Waals surface area (Å²) in [6, 6.07) is 10.2. The lowest BCUT2D eigenvalue weighted by molar-refractivity contribution is 0.143. The highest BCUT2D eigenvalue weighted by atomic mass is 19.1. The van der Waals surface area contributed by atoms with Crippen LogP contribution in [0.2, 0.25) is 0 Å². The summed E-state index contributed by atoms with van der Waals surface area (Å²) in [7, 11) is 3.32. The van der Waals surface area contributed by atoms with Gasteiger partial charge in [0.2, 0.25) is 0 Å². The normalized spacial score (nSPS) is 10.0. The van der Waals surface area contributed by atoms with Crippen LogP contribution < -0.4 is 10.6 Å². The zero-order valence-electron chi connectivity index (χ0n) is 14.7. The van der Waals surface area contributed by atoms with Gasteiger partial charge in [0, 0.05) is 40.3 Å². The second-order valence-electron chi connectivity index (χ2n) is 5.40. The second-order valence-corrected chi connectivity index (χ2v) is 5.40. The lowest BCUT2D eigenvalue weighted by Crippen LogP contribution is -2.32. The molecule has 0 heterocycles. The SMILES string of the molecule is CNC(NCCCN(CCOC)Cc1ccc(F)cc1)=C(C#N)C#N. The van der Waals surface area contributed by atoms with Crippen LogP contribution in [-0.2, 0) is 11.3 Å². The Labute approximate surface area is 148 Å². The van der Waals surface area contributed by atoms with E-state index in [9.17, 15) is 4.39 Å². The molecule has 0 aliphatic carbocycles. The molecule has 1 rings (SSSR count). The topological polar surface area (TPSA) is 84.1 Å². The predicted octanol–water partition coefficient (Wildman–Crippen LogP) is 1.73. The van der Waals surface area contributed by atoms with E-state index < -0.39 is 0 Å². The maximum absolute atomic E-state index is 13.0. The van der Waals surface area contributed by atoms with E-state index in [1.54, 1.807) is 26.3 Å². The molecule has 0 bridgehead atoms. The second kappa shape index (κ2) is 11.9. The molecule has 6 nitrogen and oxygen atoms in total. The van der Waals surface area contributed by atoms with Gasteiger partial charge in [-0.1, -0.05) is 12.1 Å². The number of nitriles is 2.